The van der Waals surface area contributed by atoms with Gasteiger partial charge in [0.15, 0.2) is 17.3 Å². The molecule has 0 amide bonds. The van der Waals surface area contributed by atoms with E-state index in [2.05, 4.69) is 6.58 Å². The van der Waals surface area contributed by atoms with Gasteiger partial charge >= 0.3 is 5.97 Å². The fourth-order valence-electron chi connectivity index (χ4n) is 4.57. The predicted octanol–water partition coefficient (Wildman–Crippen LogP) is 4.64. The van der Waals surface area contributed by atoms with Crippen LogP contribution in [-0.2, 0) is 32.1 Å². The van der Waals surface area contributed by atoms with Crippen molar-refractivity contribution in [1.82, 2.24) is 4.98 Å². The maximum absolute atomic E-state index is 13.5. The first-order valence-electron chi connectivity index (χ1n) is 12.4. The van der Waals surface area contributed by atoms with Gasteiger partial charge < -0.3 is 19.1 Å². The summed E-state index contributed by atoms with van der Waals surface area (Å²) in [5, 5.41) is 0. The van der Waals surface area contributed by atoms with Crippen LogP contribution < -0.4 is 9.64 Å². The fourth-order valence-corrected chi connectivity index (χ4v) is 4.57. The predicted molar refractivity (Wildman–Crippen MR) is 140 cm³/mol. The van der Waals surface area contributed by atoms with Crippen LogP contribution in [-0.4, -0.2) is 43.0 Å². The second-order valence-electron chi connectivity index (χ2n) is 9.13. The Bertz CT molecular complexity index is 1420. The van der Waals surface area contributed by atoms with E-state index in [4.69, 9.17) is 19.2 Å². The average molecular weight is 515 g/mol. The van der Waals surface area contributed by atoms with Crippen molar-refractivity contribution in [2.75, 3.05) is 31.2 Å². The van der Waals surface area contributed by atoms with Gasteiger partial charge in [-0.3, -0.25) is 9.78 Å². The Morgan fingerprint density at radius 1 is 1.11 bits per heavy atom. The van der Waals surface area contributed by atoms with Gasteiger partial charge in [0.05, 0.1) is 13.2 Å². The zero-order chi connectivity index (χ0) is 26.6. The molecular formula is C30H27FN2O5. The molecule has 0 unspecified atom stereocenters. The first kappa shape index (κ1) is 25.2. The number of nitrogens with zero attached hydrogens (tertiary/aromatic N) is 2. The molecule has 0 fully saturated rings. The van der Waals surface area contributed by atoms with Gasteiger partial charge in [-0.25, -0.2) is 9.18 Å². The fraction of sp³-hybridized carbons (Fsp3) is 0.233. The van der Waals surface area contributed by atoms with Gasteiger partial charge in [0.2, 0.25) is 0 Å². The van der Waals surface area contributed by atoms with E-state index >= 15 is 0 Å². The van der Waals surface area contributed by atoms with Crippen molar-refractivity contribution in [1.29, 1.82) is 0 Å². The average Bonchev–Trinajstić information content (AvgIpc) is 3.14. The van der Waals surface area contributed by atoms with Gasteiger partial charge in [-0.1, -0.05) is 49.0 Å². The molecule has 0 atom stereocenters. The molecule has 194 valence electrons. The van der Waals surface area contributed by atoms with Crippen molar-refractivity contribution in [3.8, 4) is 5.75 Å². The standard InChI is InChI=1S/C30H27FN2O5/c1-3-36-30(35)25-24(34)16-33-15-19(2)17-37-28-22(13-20-9-11-23(31)12-10-20)14-32-26(27(28)33)29(25)38-18-21-7-5-4-6-8-21/h4-12,14H,2-3,13,15-18H2,1H3. The zero-order valence-corrected chi connectivity index (χ0v) is 21.0. The van der Waals surface area contributed by atoms with Crippen LogP contribution in [0.1, 0.15) is 29.3 Å². The van der Waals surface area contributed by atoms with Gasteiger partial charge in [0.25, 0.3) is 0 Å². The van der Waals surface area contributed by atoms with E-state index in [1.165, 1.54) is 12.1 Å². The number of benzene rings is 2. The molecule has 0 bridgehead atoms. The number of ether oxygens (including phenoxy) is 3. The number of hydrogen-bond donors (Lipinski definition) is 0. The van der Waals surface area contributed by atoms with Crippen LogP contribution in [0, 0.1) is 5.82 Å². The van der Waals surface area contributed by atoms with Crippen molar-refractivity contribution in [3.63, 3.8) is 0 Å². The molecule has 5 rings (SSSR count). The molecule has 2 aromatic carbocycles. The first-order valence-corrected chi connectivity index (χ1v) is 12.4. The highest BCUT2D eigenvalue weighted by atomic mass is 19.1. The topological polar surface area (TPSA) is 78.0 Å². The molecule has 2 aliphatic rings. The van der Waals surface area contributed by atoms with E-state index in [-0.39, 0.29) is 43.5 Å². The Morgan fingerprint density at radius 2 is 1.87 bits per heavy atom. The molecule has 0 aliphatic carbocycles. The Balaban J connectivity index is 1.66. The molecular weight excluding hydrogens is 487 g/mol. The summed E-state index contributed by atoms with van der Waals surface area (Å²) in [5.74, 6) is -0.938. The summed E-state index contributed by atoms with van der Waals surface area (Å²) in [6.07, 6.45) is 2.08. The summed E-state index contributed by atoms with van der Waals surface area (Å²) in [4.78, 5) is 33.1. The number of aromatic nitrogens is 1. The van der Waals surface area contributed by atoms with Crippen molar-refractivity contribution in [3.05, 3.63) is 107 Å². The lowest BCUT2D eigenvalue weighted by Crippen LogP contribution is -2.32. The van der Waals surface area contributed by atoms with Gasteiger partial charge in [-0.15, -0.1) is 0 Å². The molecule has 0 N–H and O–H groups in total. The zero-order valence-electron chi connectivity index (χ0n) is 21.0. The number of ketones is 1. The summed E-state index contributed by atoms with van der Waals surface area (Å²) >= 11 is 0. The van der Waals surface area contributed by atoms with Crippen LogP contribution in [0.3, 0.4) is 0 Å². The number of carbonyl (C=O) groups is 2. The number of rotatable bonds is 7. The lowest BCUT2D eigenvalue weighted by Gasteiger charge is -2.24. The van der Waals surface area contributed by atoms with Gasteiger partial charge in [0, 0.05) is 24.7 Å². The second-order valence-corrected chi connectivity index (χ2v) is 9.13. The molecule has 2 aliphatic heterocycles. The van der Waals surface area contributed by atoms with Gasteiger partial charge in [0.1, 0.15) is 36.0 Å². The molecule has 8 heteroatoms. The molecule has 0 spiro atoms. The third kappa shape index (κ3) is 5.16. The largest absolute Gasteiger partial charge is 0.487 e. The first-order chi connectivity index (χ1) is 18.4. The summed E-state index contributed by atoms with van der Waals surface area (Å²) in [6, 6.07) is 15.7. The second kappa shape index (κ2) is 10.9. The Labute approximate surface area is 220 Å². The molecule has 3 aromatic rings. The van der Waals surface area contributed by atoms with Crippen molar-refractivity contribution < 1.29 is 28.2 Å². The lowest BCUT2D eigenvalue weighted by atomic mass is 10.0. The van der Waals surface area contributed by atoms with Crippen LogP contribution in [0.15, 0.2) is 78.5 Å². The Hall–Kier alpha value is -4.46. The number of hydrogen-bond acceptors (Lipinski definition) is 7. The maximum atomic E-state index is 13.5. The minimum atomic E-state index is -0.760. The lowest BCUT2D eigenvalue weighted by molar-refractivity contribution is -0.139. The molecule has 0 radical (unpaired) electrons. The number of pyridine rings is 1. The normalized spacial score (nSPS) is 14.8. The van der Waals surface area contributed by atoms with Crippen LogP contribution >= 0.6 is 0 Å². The molecule has 0 saturated heterocycles. The highest BCUT2D eigenvalue weighted by Gasteiger charge is 2.38. The van der Waals surface area contributed by atoms with E-state index in [0.29, 0.717) is 30.1 Å². The van der Waals surface area contributed by atoms with Crippen LogP contribution in [0.5, 0.6) is 5.75 Å². The van der Waals surface area contributed by atoms with Crippen LogP contribution in [0.25, 0.3) is 5.76 Å². The van der Waals surface area contributed by atoms with Crippen LogP contribution in [0.2, 0.25) is 0 Å². The van der Waals surface area contributed by atoms with Crippen molar-refractivity contribution >= 4 is 23.2 Å². The Morgan fingerprint density at radius 3 is 2.61 bits per heavy atom. The number of anilines is 1. The molecule has 1 aromatic heterocycles. The number of halogens is 1. The number of esters is 1. The van der Waals surface area contributed by atoms with Crippen LogP contribution in [0.4, 0.5) is 10.1 Å². The molecule has 0 saturated carbocycles. The minimum Gasteiger partial charge on any atom is -0.487 e. The third-order valence-electron chi connectivity index (χ3n) is 6.30. The van der Waals surface area contributed by atoms with E-state index in [9.17, 15) is 14.0 Å². The third-order valence-corrected chi connectivity index (χ3v) is 6.30. The smallest absolute Gasteiger partial charge is 0.345 e. The highest BCUT2D eigenvalue weighted by Crippen LogP contribution is 2.43. The quantitative estimate of drug-likeness (QED) is 0.258. The minimum absolute atomic E-state index is 0.0560. The molecule has 3 heterocycles. The van der Waals surface area contributed by atoms with Gasteiger partial charge in [-0.2, -0.15) is 0 Å². The Kier molecular flexibility index (Phi) is 7.22. The monoisotopic (exact) mass is 514 g/mol. The summed E-state index contributed by atoms with van der Waals surface area (Å²) in [6.45, 7) is 6.49. The van der Waals surface area contributed by atoms with E-state index in [1.54, 1.807) is 25.3 Å². The summed E-state index contributed by atoms with van der Waals surface area (Å²) in [7, 11) is 0. The SMILES string of the molecule is C=C1COc2c(Cc3ccc(F)cc3)cnc3c2N(C1)CC(=O)C(C(=O)OCC)=C3OCc1ccccc1. The summed E-state index contributed by atoms with van der Waals surface area (Å²) < 4.78 is 31.1. The summed E-state index contributed by atoms with van der Waals surface area (Å²) in [5.41, 5.74) is 3.95. The van der Waals surface area contributed by atoms with Crippen molar-refractivity contribution in [2.24, 2.45) is 0 Å². The van der Waals surface area contributed by atoms with E-state index in [0.717, 1.165) is 22.3 Å². The number of Topliss-reactive ketones (excluding diaryl/α,β-unsaturated/α-hetero) is 1. The van der Waals surface area contributed by atoms with E-state index in [1.807, 2.05) is 35.2 Å². The molecule has 38 heavy (non-hydrogen) atoms. The van der Waals surface area contributed by atoms with Crippen molar-refractivity contribution in [2.45, 2.75) is 20.0 Å². The maximum Gasteiger partial charge on any atom is 0.345 e. The number of carbonyl (C=O) groups excluding carboxylic acids is 2. The van der Waals surface area contributed by atoms with E-state index < -0.39 is 11.8 Å². The highest BCUT2D eigenvalue weighted by molar-refractivity contribution is 6.24. The van der Waals surface area contributed by atoms with Gasteiger partial charge in [-0.05, 0) is 35.8 Å². The molecule has 7 nitrogen and oxygen atoms in total.